The normalized spacial score (nSPS) is 18.2. The predicted octanol–water partition coefficient (Wildman–Crippen LogP) is 15.5. The lowest BCUT2D eigenvalue weighted by Gasteiger charge is -2.44. The number of unbranched alkanes of at least 4 members (excludes halogenated alkanes) is 21. The molecule has 12 heteroatoms. The number of nitrogens with one attached hydrogen (secondary N) is 1. The van der Waals surface area contributed by atoms with Crippen LogP contribution in [-0.4, -0.2) is 80.5 Å². The molecule has 0 radical (unpaired) electrons. The van der Waals surface area contributed by atoms with E-state index in [9.17, 15) is 9.59 Å². The number of benzene rings is 4. The molecule has 0 saturated carbocycles. The van der Waals surface area contributed by atoms with Gasteiger partial charge in [0.15, 0.2) is 18.5 Å². The summed E-state index contributed by atoms with van der Waals surface area (Å²) in [5, 5.41) is 3.42. The van der Waals surface area contributed by atoms with Crippen molar-refractivity contribution in [1.82, 2.24) is 5.32 Å². The first-order valence-electron chi connectivity index (χ1n) is 31.2. The zero-order valence-corrected chi connectivity index (χ0v) is 49.9. The van der Waals surface area contributed by atoms with Crippen LogP contribution >= 0.6 is 0 Å². The molecule has 1 fully saturated rings. The lowest BCUT2D eigenvalue weighted by atomic mass is 9.97. The largest absolute Gasteiger partial charge is 0.467 e. The predicted molar refractivity (Wildman–Crippen MR) is 321 cm³/mol. The van der Waals surface area contributed by atoms with Gasteiger partial charge in [0.05, 0.1) is 52.3 Å². The number of methoxy groups -OCH3 is 1. The van der Waals surface area contributed by atoms with Crippen LogP contribution in [0.1, 0.15) is 204 Å². The summed E-state index contributed by atoms with van der Waals surface area (Å²) in [6.45, 7) is 6.52. The number of ether oxygens (including phenoxy) is 8. The van der Waals surface area contributed by atoms with Crippen LogP contribution in [-0.2, 0) is 78.7 Å². The third-order valence-corrected chi connectivity index (χ3v) is 15.3. The van der Waals surface area contributed by atoms with Gasteiger partial charge in [0.1, 0.15) is 18.3 Å². The molecule has 448 valence electrons. The van der Waals surface area contributed by atoms with Crippen LogP contribution in [0.3, 0.4) is 0 Å². The Morgan fingerprint density at radius 3 is 1.30 bits per heavy atom. The zero-order valence-electron chi connectivity index (χ0n) is 49.9. The van der Waals surface area contributed by atoms with E-state index >= 15 is 4.79 Å². The lowest BCUT2D eigenvalue weighted by Crippen LogP contribution is -2.63. The molecule has 1 saturated heterocycles. The molecule has 1 amide bonds. The maximum absolute atomic E-state index is 15.1. The Labute approximate surface area is 487 Å². The Balaban J connectivity index is 1.43. The zero-order chi connectivity index (χ0) is 57.4. The lowest BCUT2D eigenvalue weighted by molar-refractivity contribution is -0.316. The monoisotopic (exact) mass is 1120 g/mol. The minimum atomic E-state index is -1.44. The van der Waals surface area contributed by atoms with E-state index in [1.54, 1.807) is 0 Å². The van der Waals surface area contributed by atoms with Crippen LogP contribution in [0, 0.1) is 0 Å². The minimum Gasteiger partial charge on any atom is -0.467 e. The summed E-state index contributed by atoms with van der Waals surface area (Å²) in [6.07, 6.45) is 21.6. The van der Waals surface area contributed by atoms with Gasteiger partial charge in [0.25, 0.3) is 0 Å². The van der Waals surface area contributed by atoms with Gasteiger partial charge in [-0.3, -0.25) is 9.59 Å². The molecule has 0 unspecified atom stereocenters. The number of rotatable bonds is 45. The van der Waals surface area contributed by atoms with Gasteiger partial charge in [-0.05, 0) is 35.1 Å². The van der Waals surface area contributed by atoms with E-state index in [1.165, 1.54) is 123 Å². The van der Waals surface area contributed by atoms with Crippen molar-refractivity contribution < 1.29 is 52.3 Å². The molecule has 4 aromatic carbocycles. The average molecular weight is 1120 g/mol. The first-order chi connectivity index (χ1) is 39.8. The van der Waals surface area contributed by atoms with Crippen molar-refractivity contribution in [3.63, 3.8) is 0 Å². The highest BCUT2D eigenvalue weighted by Crippen LogP contribution is 2.32. The molecule has 5 rings (SSSR count). The molecule has 81 heavy (non-hydrogen) atoms. The highest BCUT2D eigenvalue weighted by atomic mass is 16.7. The molecule has 4 aromatic rings. The van der Waals surface area contributed by atoms with E-state index in [0.717, 1.165) is 60.8 Å². The van der Waals surface area contributed by atoms with E-state index in [2.05, 4.69) is 19.2 Å². The van der Waals surface area contributed by atoms with Crippen molar-refractivity contribution in [3.8, 4) is 0 Å². The molecule has 1 aliphatic heterocycles. The Hall–Kier alpha value is -4.95. The molecular formula is C69H101NO11. The van der Waals surface area contributed by atoms with Crippen LogP contribution in [0.4, 0.5) is 0 Å². The summed E-state index contributed by atoms with van der Waals surface area (Å²) < 4.78 is 51.6. The van der Waals surface area contributed by atoms with E-state index < -0.39 is 60.9 Å². The van der Waals surface area contributed by atoms with Gasteiger partial charge in [0.2, 0.25) is 5.91 Å². The van der Waals surface area contributed by atoms with E-state index in [-0.39, 0.29) is 32.3 Å². The number of carbonyl (C=O) groups excluding carboxylic acids is 3. The van der Waals surface area contributed by atoms with Gasteiger partial charge < -0.3 is 43.2 Å². The first-order valence-corrected chi connectivity index (χ1v) is 31.2. The second-order valence-electron chi connectivity index (χ2n) is 22.1. The van der Waals surface area contributed by atoms with Crippen molar-refractivity contribution in [2.45, 2.75) is 257 Å². The molecule has 8 atom stereocenters. The average Bonchev–Trinajstić information content (AvgIpc) is 3.62. The minimum absolute atomic E-state index is 0.0965. The number of hydrogen-bond acceptors (Lipinski definition) is 11. The molecule has 0 spiro atoms. The Bertz CT molecular complexity index is 2200. The third-order valence-electron chi connectivity index (χ3n) is 15.3. The van der Waals surface area contributed by atoms with Crippen molar-refractivity contribution in [3.05, 3.63) is 144 Å². The Morgan fingerprint density at radius 1 is 0.469 bits per heavy atom. The number of carbonyl (C=O) groups is 3. The second-order valence-corrected chi connectivity index (χ2v) is 22.1. The quantitative estimate of drug-likeness (QED) is 0.0334. The highest BCUT2D eigenvalue weighted by molar-refractivity contribution is 5.81. The van der Waals surface area contributed by atoms with Gasteiger partial charge in [0, 0.05) is 6.92 Å². The van der Waals surface area contributed by atoms with Gasteiger partial charge in [-0.2, -0.15) is 0 Å². The first kappa shape index (κ1) is 66.8. The fourth-order valence-electron chi connectivity index (χ4n) is 10.6. The van der Waals surface area contributed by atoms with Crippen molar-refractivity contribution in [2.75, 3.05) is 13.7 Å². The smallest absolute Gasteiger partial charge is 0.339 e. The SMILES string of the molecule is CCCCCCCCCCCCCCC[C@@H](OCc1ccccc1)[C@H](CO[C@@H]1O[C@H](C(=O)OC)[C@H](OC(C)=O)[C@H](OCc2ccccc2)[C@H]1OCc1ccccc1)NC(=O)[C@H](CCCCCCCCCCCC)OCc1ccccc1. The molecule has 12 nitrogen and oxygen atoms in total. The van der Waals surface area contributed by atoms with Crippen LogP contribution in [0.25, 0.3) is 0 Å². The summed E-state index contributed by atoms with van der Waals surface area (Å²) in [5.41, 5.74) is 3.72. The van der Waals surface area contributed by atoms with Crippen molar-refractivity contribution in [2.24, 2.45) is 0 Å². The molecule has 1 aliphatic rings. The van der Waals surface area contributed by atoms with Crippen LogP contribution in [0.2, 0.25) is 0 Å². The fourth-order valence-corrected chi connectivity index (χ4v) is 10.6. The third kappa shape index (κ3) is 27.3. The van der Waals surface area contributed by atoms with Gasteiger partial charge in [-0.25, -0.2) is 4.79 Å². The van der Waals surface area contributed by atoms with E-state index in [0.29, 0.717) is 19.4 Å². The van der Waals surface area contributed by atoms with Gasteiger partial charge >= 0.3 is 11.9 Å². The molecule has 0 bridgehead atoms. The molecule has 1 heterocycles. The Kier molecular flexibility index (Phi) is 34.6. The number of esters is 2. The van der Waals surface area contributed by atoms with Gasteiger partial charge in [-0.15, -0.1) is 0 Å². The summed E-state index contributed by atoms with van der Waals surface area (Å²) in [5.74, 6) is -1.66. The number of amides is 1. The summed E-state index contributed by atoms with van der Waals surface area (Å²) in [4.78, 5) is 41.7. The van der Waals surface area contributed by atoms with Crippen LogP contribution in [0.15, 0.2) is 121 Å². The van der Waals surface area contributed by atoms with Gasteiger partial charge in [-0.1, -0.05) is 283 Å². The van der Waals surface area contributed by atoms with Crippen LogP contribution in [0.5, 0.6) is 0 Å². The molecule has 0 aliphatic carbocycles. The topological polar surface area (TPSA) is 137 Å². The fraction of sp³-hybridized carbons (Fsp3) is 0.609. The molecule has 1 N–H and O–H groups in total. The van der Waals surface area contributed by atoms with Crippen molar-refractivity contribution in [1.29, 1.82) is 0 Å². The van der Waals surface area contributed by atoms with E-state index in [4.69, 9.17) is 37.9 Å². The Morgan fingerprint density at radius 2 is 0.864 bits per heavy atom. The maximum Gasteiger partial charge on any atom is 0.339 e. The second kappa shape index (κ2) is 41.9. The summed E-state index contributed by atoms with van der Waals surface area (Å²) in [7, 11) is 1.26. The molecular weight excluding hydrogens is 1020 g/mol. The maximum atomic E-state index is 15.1. The number of hydrogen-bond donors (Lipinski definition) is 1. The van der Waals surface area contributed by atoms with E-state index in [1.807, 2.05) is 121 Å². The highest BCUT2D eigenvalue weighted by Gasteiger charge is 2.53. The van der Waals surface area contributed by atoms with Crippen molar-refractivity contribution >= 4 is 17.8 Å². The summed E-state index contributed by atoms with van der Waals surface area (Å²) >= 11 is 0. The van der Waals surface area contributed by atoms with Crippen LogP contribution < -0.4 is 5.32 Å². The standard InChI is InChI=1S/C69H101NO11/c1-5-7-9-11-13-15-17-18-19-21-22-24-38-48-61(75-50-56-40-30-26-31-41-56)60(70-67(72)62(76-51-57-42-32-27-33-43-57)49-39-25-23-20-16-14-12-10-8-6-2)54-79-69-66(78-53-59-46-36-29-37-47-59)63(77-52-58-44-34-28-35-45-58)64(80-55(3)71)65(81-69)68(73)74-4/h26-37,40-47,60-66,69H,5-25,38-39,48-54H2,1-4H3,(H,70,72)/t60-,61+,62-,63-,64+,65-,66+,69+/m0/s1. The molecule has 0 aromatic heterocycles. The summed E-state index contributed by atoms with van der Waals surface area (Å²) in [6, 6.07) is 38.6.